The number of ether oxygens (including phenoxy) is 1. The average Bonchev–Trinajstić information content (AvgIpc) is 1.99. The largest absolute Gasteiger partial charge is 0.420 e. The number of likely N-dealkylation sites (tertiary alicyclic amines) is 1. The molecule has 15 heavy (non-hydrogen) atoms. The zero-order chi connectivity index (χ0) is 11.9. The van der Waals surface area contributed by atoms with Crippen LogP contribution >= 0.6 is 11.6 Å². The summed E-state index contributed by atoms with van der Waals surface area (Å²) >= 11 is 5.47. The number of carbonyl (C=O) groups is 1. The summed E-state index contributed by atoms with van der Waals surface area (Å²) in [7, 11) is 0.986. The van der Waals surface area contributed by atoms with Gasteiger partial charge in [-0.1, -0.05) is 0 Å². The molecule has 0 spiro atoms. The van der Waals surface area contributed by atoms with Crippen LogP contribution in [-0.2, 0) is 9.53 Å². The van der Waals surface area contributed by atoms with Crippen LogP contribution in [0.2, 0.25) is 0 Å². The SMILES string of the molecule is COC1(C(F)(F)F)CN(C(=O)[C@H](C)Cl)C1. The van der Waals surface area contributed by atoms with Crippen molar-refractivity contribution in [3.63, 3.8) is 0 Å². The third-order valence-electron chi connectivity index (χ3n) is 2.45. The molecule has 1 rings (SSSR count). The molecule has 0 N–H and O–H groups in total. The summed E-state index contributed by atoms with van der Waals surface area (Å²) in [6, 6.07) is 0. The molecule has 1 aliphatic heterocycles. The van der Waals surface area contributed by atoms with Gasteiger partial charge in [0.15, 0.2) is 5.60 Å². The highest BCUT2D eigenvalue weighted by Gasteiger charge is 2.63. The van der Waals surface area contributed by atoms with Gasteiger partial charge >= 0.3 is 6.18 Å². The molecule has 1 aliphatic rings. The fourth-order valence-electron chi connectivity index (χ4n) is 1.40. The zero-order valence-corrected chi connectivity index (χ0v) is 9.02. The molecule has 0 aromatic carbocycles. The molecule has 1 heterocycles. The first kappa shape index (κ1) is 12.6. The van der Waals surface area contributed by atoms with Crippen LogP contribution in [0.15, 0.2) is 0 Å². The van der Waals surface area contributed by atoms with E-state index in [4.69, 9.17) is 11.6 Å². The van der Waals surface area contributed by atoms with Crippen LogP contribution in [0, 0.1) is 0 Å². The molecule has 88 valence electrons. The van der Waals surface area contributed by atoms with E-state index in [0.29, 0.717) is 0 Å². The minimum atomic E-state index is -4.46. The Morgan fingerprint density at radius 1 is 1.53 bits per heavy atom. The average molecular weight is 246 g/mol. The first-order chi connectivity index (χ1) is 6.73. The quantitative estimate of drug-likeness (QED) is 0.689. The van der Waals surface area contributed by atoms with Gasteiger partial charge in [-0.15, -0.1) is 11.6 Å². The van der Waals surface area contributed by atoms with Crippen molar-refractivity contribution in [1.29, 1.82) is 0 Å². The van der Waals surface area contributed by atoms with Crippen molar-refractivity contribution >= 4 is 17.5 Å². The summed E-state index contributed by atoms with van der Waals surface area (Å²) in [4.78, 5) is 12.3. The molecule has 1 amide bonds. The first-order valence-electron chi connectivity index (χ1n) is 4.28. The number of hydrogen-bond acceptors (Lipinski definition) is 2. The van der Waals surface area contributed by atoms with Gasteiger partial charge in [-0.05, 0) is 6.92 Å². The van der Waals surface area contributed by atoms with E-state index in [1.54, 1.807) is 0 Å². The maximum absolute atomic E-state index is 12.5. The van der Waals surface area contributed by atoms with E-state index in [2.05, 4.69) is 4.74 Å². The Hall–Kier alpha value is -0.490. The molecule has 0 aromatic rings. The second kappa shape index (κ2) is 3.83. The number of nitrogens with zero attached hydrogens (tertiary/aromatic N) is 1. The zero-order valence-electron chi connectivity index (χ0n) is 8.27. The molecule has 0 bridgehead atoms. The molecular weight excluding hydrogens is 235 g/mol. The molecule has 0 aromatic heterocycles. The van der Waals surface area contributed by atoms with Crippen LogP contribution < -0.4 is 0 Å². The number of alkyl halides is 4. The van der Waals surface area contributed by atoms with E-state index >= 15 is 0 Å². The van der Waals surface area contributed by atoms with E-state index in [9.17, 15) is 18.0 Å². The number of hydrogen-bond donors (Lipinski definition) is 0. The summed E-state index contributed by atoms with van der Waals surface area (Å²) in [6.07, 6.45) is -4.46. The van der Waals surface area contributed by atoms with Gasteiger partial charge in [0, 0.05) is 7.11 Å². The van der Waals surface area contributed by atoms with E-state index in [0.717, 1.165) is 12.0 Å². The lowest BCUT2D eigenvalue weighted by Gasteiger charge is -2.49. The van der Waals surface area contributed by atoms with E-state index < -0.39 is 36.2 Å². The molecule has 1 atom stereocenters. The monoisotopic (exact) mass is 245 g/mol. The Labute approximate surface area is 90.1 Å². The molecule has 1 saturated heterocycles. The highest BCUT2D eigenvalue weighted by Crippen LogP contribution is 2.40. The second-order valence-corrected chi connectivity index (χ2v) is 4.16. The van der Waals surface area contributed by atoms with Gasteiger partial charge in [-0.2, -0.15) is 13.2 Å². The lowest BCUT2D eigenvalue weighted by atomic mass is 9.92. The predicted octanol–water partition coefficient (Wildman–Crippen LogP) is 1.40. The van der Waals surface area contributed by atoms with Crippen LogP contribution in [0.25, 0.3) is 0 Å². The standard InChI is InChI=1S/C8H11ClF3NO2/c1-5(9)6(14)13-3-7(4-13,15-2)8(10,11)12/h5H,3-4H2,1-2H3/t5-/m0/s1. The van der Waals surface area contributed by atoms with Gasteiger partial charge in [-0.3, -0.25) is 4.79 Å². The molecule has 0 aliphatic carbocycles. The number of rotatable bonds is 2. The van der Waals surface area contributed by atoms with Crippen LogP contribution in [-0.4, -0.2) is 48.2 Å². The summed E-state index contributed by atoms with van der Waals surface area (Å²) in [6.45, 7) is 0.454. The minimum absolute atomic E-state index is 0.483. The lowest BCUT2D eigenvalue weighted by Crippen LogP contribution is -2.71. The van der Waals surface area contributed by atoms with E-state index in [1.807, 2.05) is 0 Å². The fraction of sp³-hybridized carbons (Fsp3) is 0.875. The highest BCUT2D eigenvalue weighted by atomic mass is 35.5. The van der Waals surface area contributed by atoms with Gasteiger partial charge in [-0.25, -0.2) is 0 Å². The Kier molecular flexibility index (Phi) is 3.21. The van der Waals surface area contributed by atoms with Crippen LogP contribution in [0.4, 0.5) is 13.2 Å². The van der Waals surface area contributed by atoms with Crippen molar-refractivity contribution in [3.8, 4) is 0 Å². The maximum Gasteiger partial charge on any atom is 0.420 e. The Morgan fingerprint density at radius 2 is 2.00 bits per heavy atom. The highest BCUT2D eigenvalue weighted by molar-refractivity contribution is 6.30. The van der Waals surface area contributed by atoms with Gasteiger partial charge in [0.25, 0.3) is 0 Å². The molecule has 7 heteroatoms. The molecular formula is C8H11ClF3NO2. The topological polar surface area (TPSA) is 29.5 Å². The normalized spacial score (nSPS) is 22.1. The van der Waals surface area contributed by atoms with Crippen LogP contribution in [0.5, 0.6) is 0 Å². The van der Waals surface area contributed by atoms with Gasteiger partial charge in [0.1, 0.15) is 5.38 Å². The molecule has 0 saturated carbocycles. The molecule has 0 unspecified atom stereocenters. The number of methoxy groups -OCH3 is 1. The smallest absolute Gasteiger partial charge is 0.365 e. The van der Waals surface area contributed by atoms with Crippen molar-refractivity contribution in [2.45, 2.75) is 24.1 Å². The van der Waals surface area contributed by atoms with Crippen molar-refractivity contribution in [2.24, 2.45) is 0 Å². The van der Waals surface area contributed by atoms with Gasteiger partial charge in [0.2, 0.25) is 5.91 Å². The summed E-state index contributed by atoms with van der Waals surface area (Å²) in [5.41, 5.74) is -2.21. The van der Waals surface area contributed by atoms with Gasteiger partial charge < -0.3 is 9.64 Å². The Balaban J connectivity index is 2.64. The summed E-state index contributed by atoms with van der Waals surface area (Å²) < 4.78 is 41.9. The van der Waals surface area contributed by atoms with Crippen molar-refractivity contribution in [3.05, 3.63) is 0 Å². The van der Waals surface area contributed by atoms with Crippen LogP contribution in [0.1, 0.15) is 6.92 Å². The summed E-state index contributed by atoms with van der Waals surface area (Å²) in [5, 5.41) is -0.812. The molecule has 3 nitrogen and oxygen atoms in total. The van der Waals surface area contributed by atoms with Crippen molar-refractivity contribution in [2.75, 3.05) is 20.2 Å². The maximum atomic E-state index is 12.5. The number of halogens is 4. The second-order valence-electron chi connectivity index (χ2n) is 3.51. The fourth-order valence-corrected chi connectivity index (χ4v) is 1.54. The first-order valence-corrected chi connectivity index (χ1v) is 4.72. The van der Waals surface area contributed by atoms with Crippen molar-refractivity contribution < 1.29 is 22.7 Å². The number of carbonyl (C=O) groups excluding carboxylic acids is 1. The van der Waals surface area contributed by atoms with Gasteiger partial charge in [0.05, 0.1) is 13.1 Å². The Morgan fingerprint density at radius 3 is 2.27 bits per heavy atom. The predicted molar refractivity (Wildman–Crippen MR) is 47.7 cm³/mol. The molecule has 0 radical (unpaired) electrons. The number of amides is 1. The minimum Gasteiger partial charge on any atom is -0.365 e. The lowest BCUT2D eigenvalue weighted by molar-refractivity contribution is -0.306. The Bertz CT molecular complexity index is 261. The van der Waals surface area contributed by atoms with E-state index in [-0.39, 0.29) is 0 Å². The third kappa shape index (κ3) is 2.06. The summed E-state index contributed by atoms with van der Waals surface area (Å²) in [5.74, 6) is -0.506. The van der Waals surface area contributed by atoms with Crippen molar-refractivity contribution in [1.82, 2.24) is 4.90 Å². The molecule has 1 fully saturated rings. The third-order valence-corrected chi connectivity index (χ3v) is 2.64. The van der Waals surface area contributed by atoms with E-state index in [1.165, 1.54) is 6.92 Å². The van der Waals surface area contributed by atoms with Crippen LogP contribution in [0.3, 0.4) is 0 Å².